The van der Waals surface area contributed by atoms with Gasteiger partial charge in [0.15, 0.2) is 0 Å². The molecule has 2 N–H and O–H groups in total. The van der Waals surface area contributed by atoms with Gasteiger partial charge in [-0.25, -0.2) is 4.39 Å². The Bertz CT molecular complexity index is 955. The summed E-state index contributed by atoms with van der Waals surface area (Å²) in [6.45, 7) is 5.08. The molecule has 0 atom stereocenters. The van der Waals surface area contributed by atoms with Crippen LogP contribution in [-0.2, 0) is 22.6 Å². The molecule has 28 heavy (non-hydrogen) atoms. The highest BCUT2D eigenvalue weighted by Gasteiger charge is 2.32. The monoisotopic (exact) mass is 382 g/mol. The minimum absolute atomic E-state index is 0.160. The molecule has 4 rings (SSSR count). The second-order valence-electron chi connectivity index (χ2n) is 7.04. The van der Waals surface area contributed by atoms with Gasteiger partial charge in [0.25, 0.3) is 5.91 Å². The zero-order valence-electron chi connectivity index (χ0n) is 15.8. The predicted molar refractivity (Wildman–Crippen MR) is 106 cm³/mol. The lowest BCUT2D eigenvalue weighted by Gasteiger charge is -2.19. The lowest BCUT2D eigenvalue weighted by atomic mass is 9.98. The van der Waals surface area contributed by atoms with E-state index >= 15 is 0 Å². The number of hydrogen-bond donors (Lipinski definition) is 2. The molecule has 0 radical (unpaired) electrons. The van der Waals surface area contributed by atoms with E-state index in [2.05, 4.69) is 23.2 Å². The van der Waals surface area contributed by atoms with Gasteiger partial charge in [-0.15, -0.1) is 0 Å². The summed E-state index contributed by atoms with van der Waals surface area (Å²) in [6, 6.07) is 10.4. The van der Waals surface area contributed by atoms with Crippen molar-refractivity contribution in [2.45, 2.75) is 20.0 Å². The van der Waals surface area contributed by atoms with Crippen LogP contribution in [0.4, 0.5) is 10.1 Å². The smallest absolute Gasteiger partial charge is 0.260 e. The van der Waals surface area contributed by atoms with Crippen molar-refractivity contribution in [2.24, 2.45) is 0 Å². The third kappa shape index (κ3) is 3.41. The summed E-state index contributed by atoms with van der Waals surface area (Å²) in [5.41, 5.74) is 4.63. The number of fused-ring (bicyclic) bond motifs is 2. The lowest BCUT2D eigenvalue weighted by Crippen LogP contribution is -2.28. The maximum Gasteiger partial charge on any atom is 0.260 e. The molecule has 2 aliphatic heterocycles. The fourth-order valence-corrected chi connectivity index (χ4v) is 3.80. The third-order valence-corrected chi connectivity index (χ3v) is 5.32. The van der Waals surface area contributed by atoms with Crippen LogP contribution in [0.2, 0.25) is 0 Å². The van der Waals surface area contributed by atoms with E-state index in [0.29, 0.717) is 35.7 Å². The summed E-state index contributed by atoms with van der Waals surface area (Å²) in [4.78, 5) is 14.7. The number of halogens is 1. The van der Waals surface area contributed by atoms with Crippen molar-refractivity contribution in [1.82, 2.24) is 4.90 Å². The van der Waals surface area contributed by atoms with Gasteiger partial charge in [-0.05, 0) is 36.7 Å². The van der Waals surface area contributed by atoms with Crippen LogP contribution in [0.3, 0.4) is 0 Å². The predicted octanol–water partition coefficient (Wildman–Crippen LogP) is 3.03. The molecule has 0 bridgehead atoms. The number of hydrogen-bond acceptors (Lipinski definition) is 4. The van der Waals surface area contributed by atoms with Crippen molar-refractivity contribution in [3.05, 3.63) is 64.5 Å². The maximum atomic E-state index is 13.7. The first kappa shape index (κ1) is 18.7. The Balaban J connectivity index is 1.62. The molecule has 2 heterocycles. The Morgan fingerprint density at radius 3 is 2.82 bits per heavy atom. The highest BCUT2D eigenvalue weighted by Crippen LogP contribution is 2.41. The van der Waals surface area contributed by atoms with E-state index in [4.69, 9.17) is 9.84 Å². The number of carbonyl (C=O) groups excluding carboxylic acids is 1. The van der Waals surface area contributed by atoms with Crippen molar-refractivity contribution in [3.63, 3.8) is 0 Å². The van der Waals surface area contributed by atoms with E-state index in [1.165, 1.54) is 17.7 Å². The lowest BCUT2D eigenvalue weighted by molar-refractivity contribution is -0.110. The molecular weight excluding hydrogens is 359 g/mol. The largest absolute Gasteiger partial charge is 0.487 e. The van der Waals surface area contributed by atoms with E-state index in [1.54, 1.807) is 6.07 Å². The van der Waals surface area contributed by atoms with E-state index < -0.39 is 0 Å². The summed E-state index contributed by atoms with van der Waals surface area (Å²) >= 11 is 0. The Morgan fingerprint density at radius 1 is 1.18 bits per heavy atom. The van der Waals surface area contributed by atoms with Crippen LogP contribution in [-0.4, -0.2) is 42.2 Å². The summed E-state index contributed by atoms with van der Waals surface area (Å²) in [5.74, 6) is -0.140. The van der Waals surface area contributed by atoms with E-state index in [-0.39, 0.29) is 18.3 Å². The number of rotatable bonds is 6. The molecule has 0 spiro atoms. The van der Waals surface area contributed by atoms with Crippen molar-refractivity contribution >= 4 is 22.9 Å². The number of nitrogens with zero attached hydrogens (tertiary/aromatic N) is 1. The number of ether oxygens (including phenoxy) is 1. The molecule has 0 fully saturated rings. The van der Waals surface area contributed by atoms with Crippen LogP contribution < -0.4 is 5.32 Å². The van der Waals surface area contributed by atoms with Gasteiger partial charge in [0, 0.05) is 35.5 Å². The number of benzene rings is 2. The van der Waals surface area contributed by atoms with E-state index in [1.807, 2.05) is 12.1 Å². The molecular formula is C22H23FN2O3. The van der Waals surface area contributed by atoms with E-state index in [0.717, 1.165) is 30.6 Å². The van der Waals surface area contributed by atoms with Crippen molar-refractivity contribution in [1.29, 1.82) is 0 Å². The SMILES string of the molecule is CCN(CCO)CCc1ccc2c(c1)COC2=C1C(=O)Nc2ccc(F)cc21. The molecule has 0 aliphatic carbocycles. The van der Waals surface area contributed by atoms with Crippen LogP contribution in [0.5, 0.6) is 0 Å². The average Bonchev–Trinajstić information content (AvgIpc) is 3.24. The highest BCUT2D eigenvalue weighted by molar-refractivity contribution is 6.36. The van der Waals surface area contributed by atoms with Gasteiger partial charge in [0.2, 0.25) is 0 Å². The molecule has 0 saturated carbocycles. The van der Waals surface area contributed by atoms with Crippen LogP contribution in [0.15, 0.2) is 36.4 Å². The number of carbonyl (C=O) groups is 1. The van der Waals surface area contributed by atoms with Gasteiger partial charge in [0.05, 0.1) is 12.2 Å². The molecule has 0 unspecified atom stereocenters. The van der Waals surface area contributed by atoms with Crippen LogP contribution in [0.1, 0.15) is 29.2 Å². The first-order valence-electron chi connectivity index (χ1n) is 9.54. The van der Waals surface area contributed by atoms with Gasteiger partial charge in [0.1, 0.15) is 18.2 Å². The summed E-state index contributed by atoms with van der Waals surface area (Å²) in [7, 11) is 0. The normalized spacial score (nSPS) is 17.5. The number of amides is 1. The van der Waals surface area contributed by atoms with Gasteiger partial charge in [-0.1, -0.05) is 25.1 Å². The Hall–Kier alpha value is -2.70. The molecule has 146 valence electrons. The van der Waals surface area contributed by atoms with Gasteiger partial charge in [-0.2, -0.15) is 0 Å². The fraction of sp³-hybridized carbons (Fsp3) is 0.318. The molecule has 6 heteroatoms. The maximum absolute atomic E-state index is 13.7. The summed E-state index contributed by atoms with van der Waals surface area (Å²) in [6.07, 6.45) is 0.877. The van der Waals surface area contributed by atoms with Crippen LogP contribution in [0.25, 0.3) is 11.3 Å². The zero-order valence-corrected chi connectivity index (χ0v) is 15.8. The molecule has 2 aromatic rings. The second-order valence-corrected chi connectivity index (χ2v) is 7.04. The standard InChI is InChI=1S/C22H23FN2O3/c1-2-25(9-10-26)8-7-14-3-5-17-15(11-14)13-28-21(17)20-18-12-16(23)4-6-19(18)24-22(20)27/h3-6,11-12,26H,2,7-10,13H2,1H3,(H,24,27). The first-order chi connectivity index (χ1) is 13.6. The molecule has 0 aromatic heterocycles. The number of likely N-dealkylation sites (N-methyl/N-ethyl adjacent to an activating group) is 1. The van der Waals surface area contributed by atoms with Crippen molar-refractivity contribution < 1.29 is 19.0 Å². The minimum Gasteiger partial charge on any atom is -0.487 e. The second kappa shape index (κ2) is 7.73. The first-order valence-corrected chi connectivity index (χ1v) is 9.54. The van der Waals surface area contributed by atoms with Gasteiger partial charge in [-0.3, -0.25) is 4.79 Å². The Morgan fingerprint density at radius 2 is 2.04 bits per heavy atom. The van der Waals surface area contributed by atoms with Crippen LogP contribution in [0, 0.1) is 5.82 Å². The summed E-state index contributed by atoms with van der Waals surface area (Å²) in [5, 5.41) is 11.9. The van der Waals surface area contributed by atoms with Gasteiger partial charge < -0.3 is 20.1 Å². The number of aliphatic hydroxyl groups is 1. The molecule has 2 aliphatic rings. The number of aliphatic hydroxyl groups excluding tert-OH is 1. The highest BCUT2D eigenvalue weighted by atomic mass is 19.1. The van der Waals surface area contributed by atoms with Crippen molar-refractivity contribution in [3.8, 4) is 0 Å². The van der Waals surface area contributed by atoms with E-state index in [9.17, 15) is 9.18 Å². The Labute approximate surface area is 163 Å². The van der Waals surface area contributed by atoms with Crippen molar-refractivity contribution in [2.75, 3.05) is 31.6 Å². The number of nitrogens with one attached hydrogen (secondary N) is 1. The molecule has 0 saturated heterocycles. The quantitative estimate of drug-likeness (QED) is 0.754. The third-order valence-electron chi connectivity index (χ3n) is 5.32. The Kier molecular flexibility index (Phi) is 5.15. The average molecular weight is 382 g/mol. The zero-order chi connectivity index (χ0) is 19.7. The minimum atomic E-state index is -0.384. The topological polar surface area (TPSA) is 61.8 Å². The van der Waals surface area contributed by atoms with Crippen LogP contribution >= 0.6 is 0 Å². The number of anilines is 1. The molecule has 2 aromatic carbocycles. The molecule has 1 amide bonds. The molecule has 5 nitrogen and oxygen atoms in total. The summed E-state index contributed by atoms with van der Waals surface area (Å²) < 4.78 is 19.6. The van der Waals surface area contributed by atoms with Gasteiger partial charge >= 0.3 is 0 Å². The fourth-order valence-electron chi connectivity index (χ4n) is 3.80.